The molecule has 0 fully saturated rings. The minimum Gasteiger partial charge on any atom is -0.490 e. The molecule has 0 bridgehead atoms. The SMILES string of the molecule is COCCNCc1ccc(OCCn2cccn2)c(Cl)c1. The monoisotopic (exact) mass is 309 g/mol. The molecule has 1 aromatic heterocycles. The lowest BCUT2D eigenvalue weighted by Crippen LogP contribution is -2.18. The Morgan fingerprint density at radius 2 is 2.24 bits per heavy atom. The van der Waals surface area contributed by atoms with Crippen molar-refractivity contribution in [1.82, 2.24) is 15.1 Å². The summed E-state index contributed by atoms with van der Waals surface area (Å²) in [5.41, 5.74) is 1.12. The summed E-state index contributed by atoms with van der Waals surface area (Å²) in [6.07, 6.45) is 3.65. The normalized spacial score (nSPS) is 10.8. The van der Waals surface area contributed by atoms with Gasteiger partial charge in [0.05, 0.1) is 18.2 Å². The molecule has 1 aromatic carbocycles. The van der Waals surface area contributed by atoms with Gasteiger partial charge in [0, 0.05) is 32.6 Å². The summed E-state index contributed by atoms with van der Waals surface area (Å²) in [7, 11) is 1.69. The first-order valence-electron chi connectivity index (χ1n) is 6.88. The van der Waals surface area contributed by atoms with Gasteiger partial charge in [-0.25, -0.2) is 0 Å². The van der Waals surface area contributed by atoms with E-state index < -0.39 is 0 Å². The van der Waals surface area contributed by atoms with Gasteiger partial charge in [-0.15, -0.1) is 0 Å². The standard InChI is InChI=1S/C15H20ClN3O2/c1-20-9-6-17-12-13-3-4-15(14(16)11-13)21-10-8-19-7-2-5-18-19/h2-5,7,11,17H,6,8-10,12H2,1H3. The summed E-state index contributed by atoms with van der Waals surface area (Å²) < 4.78 is 12.5. The third-order valence-electron chi connectivity index (χ3n) is 2.95. The van der Waals surface area contributed by atoms with Crippen LogP contribution in [0.1, 0.15) is 5.56 Å². The molecule has 0 atom stereocenters. The minimum atomic E-state index is 0.535. The zero-order valence-electron chi connectivity index (χ0n) is 12.1. The lowest BCUT2D eigenvalue weighted by molar-refractivity contribution is 0.199. The van der Waals surface area contributed by atoms with Gasteiger partial charge < -0.3 is 14.8 Å². The van der Waals surface area contributed by atoms with Gasteiger partial charge in [0.1, 0.15) is 12.4 Å². The third-order valence-corrected chi connectivity index (χ3v) is 3.24. The Hall–Kier alpha value is -1.56. The zero-order valence-corrected chi connectivity index (χ0v) is 12.8. The number of hydrogen-bond acceptors (Lipinski definition) is 4. The second-order valence-electron chi connectivity index (χ2n) is 4.55. The molecule has 0 aliphatic heterocycles. The van der Waals surface area contributed by atoms with E-state index in [0.29, 0.717) is 30.5 Å². The van der Waals surface area contributed by atoms with E-state index in [1.807, 2.05) is 35.1 Å². The number of aromatic nitrogens is 2. The van der Waals surface area contributed by atoms with Crippen molar-refractivity contribution < 1.29 is 9.47 Å². The molecule has 0 amide bonds. The fourth-order valence-corrected chi connectivity index (χ4v) is 2.12. The molecule has 1 heterocycles. The van der Waals surface area contributed by atoms with Crippen LogP contribution in [0.3, 0.4) is 0 Å². The van der Waals surface area contributed by atoms with Crippen molar-refractivity contribution in [3.8, 4) is 5.75 Å². The Morgan fingerprint density at radius 3 is 2.95 bits per heavy atom. The molecule has 5 nitrogen and oxygen atoms in total. The Balaban J connectivity index is 1.78. The molecule has 6 heteroatoms. The van der Waals surface area contributed by atoms with Gasteiger partial charge in [-0.2, -0.15) is 5.10 Å². The van der Waals surface area contributed by atoms with Crippen molar-refractivity contribution in [2.45, 2.75) is 13.1 Å². The highest BCUT2D eigenvalue weighted by Gasteiger charge is 2.03. The van der Waals surface area contributed by atoms with Crippen LogP contribution in [-0.2, 0) is 17.8 Å². The quantitative estimate of drug-likeness (QED) is 0.722. The van der Waals surface area contributed by atoms with Crippen LogP contribution in [0, 0.1) is 0 Å². The van der Waals surface area contributed by atoms with Crippen molar-refractivity contribution in [2.75, 3.05) is 26.9 Å². The van der Waals surface area contributed by atoms with Crippen molar-refractivity contribution >= 4 is 11.6 Å². The van der Waals surface area contributed by atoms with Crippen molar-refractivity contribution in [3.05, 3.63) is 47.2 Å². The number of nitrogens with one attached hydrogen (secondary N) is 1. The van der Waals surface area contributed by atoms with Gasteiger partial charge in [-0.1, -0.05) is 17.7 Å². The molecular weight excluding hydrogens is 290 g/mol. The van der Waals surface area contributed by atoms with Crippen LogP contribution in [0.2, 0.25) is 5.02 Å². The average Bonchev–Trinajstić information content (AvgIpc) is 2.99. The van der Waals surface area contributed by atoms with E-state index in [2.05, 4.69) is 10.4 Å². The van der Waals surface area contributed by atoms with Crippen LogP contribution < -0.4 is 10.1 Å². The van der Waals surface area contributed by atoms with Crippen LogP contribution in [0.15, 0.2) is 36.7 Å². The first-order valence-corrected chi connectivity index (χ1v) is 7.25. The molecule has 0 aliphatic rings. The maximum absolute atomic E-state index is 6.23. The van der Waals surface area contributed by atoms with Crippen LogP contribution in [-0.4, -0.2) is 36.6 Å². The Kier molecular flexibility index (Phi) is 6.53. The lowest BCUT2D eigenvalue weighted by atomic mass is 10.2. The predicted octanol–water partition coefficient (Wildman–Crippen LogP) is 2.35. The van der Waals surface area contributed by atoms with Crippen LogP contribution in [0.5, 0.6) is 5.75 Å². The maximum atomic E-state index is 6.23. The molecule has 0 aliphatic carbocycles. The van der Waals surface area contributed by atoms with Crippen molar-refractivity contribution in [1.29, 1.82) is 0 Å². The fraction of sp³-hybridized carbons (Fsp3) is 0.400. The molecule has 114 valence electrons. The molecule has 0 saturated carbocycles. The van der Waals surface area contributed by atoms with Crippen molar-refractivity contribution in [3.63, 3.8) is 0 Å². The predicted molar refractivity (Wildman–Crippen MR) is 82.8 cm³/mol. The van der Waals surface area contributed by atoms with E-state index in [-0.39, 0.29) is 0 Å². The maximum Gasteiger partial charge on any atom is 0.138 e. The van der Waals surface area contributed by atoms with Gasteiger partial charge in [0.2, 0.25) is 0 Å². The first-order chi connectivity index (χ1) is 10.3. The number of ether oxygens (including phenoxy) is 2. The Bertz CT molecular complexity index is 532. The largest absolute Gasteiger partial charge is 0.490 e. The summed E-state index contributed by atoms with van der Waals surface area (Å²) in [5.74, 6) is 0.699. The van der Waals surface area contributed by atoms with E-state index in [1.54, 1.807) is 13.3 Å². The number of halogens is 1. The molecule has 21 heavy (non-hydrogen) atoms. The van der Waals surface area contributed by atoms with Gasteiger partial charge in [-0.3, -0.25) is 4.68 Å². The molecule has 2 aromatic rings. The van der Waals surface area contributed by atoms with E-state index in [0.717, 1.165) is 18.7 Å². The van der Waals surface area contributed by atoms with Gasteiger partial charge >= 0.3 is 0 Å². The topological polar surface area (TPSA) is 48.3 Å². The highest BCUT2D eigenvalue weighted by Crippen LogP contribution is 2.25. The Labute approximate surface area is 129 Å². The summed E-state index contributed by atoms with van der Waals surface area (Å²) in [6, 6.07) is 7.72. The third kappa shape index (κ3) is 5.38. The molecule has 0 spiro atoms. The van der Waals surface area contributed by atoms with Crippen LogP contribution in [0.25, 0.3) is 0 Å². The van der Waals surface area contributed by atoms with Crippen molar-refractivity contribution in [2.24, 2.45) is 0 Å². The lowest BCUT2D eigenvalue weighted by Gasteiger charge is -2.10. The molecule has 0 radical (unpaired) electrons. The van der Waals surface area contributed by atoms with Gasteiger partial charge in [-0.05, 0) is 23.8 Å². The molecule has 1 N–H and O–H groups in total. The second kappa shape index (κ2) is 8.67. The Morgan fingerprint density at radius 1 is 1.33 bits per heavy atom. The number of rotatable bonds is 9. The summed E-state index contributed by atoms with van der Waals surface area (Å²) >= 11 is 6.23. The van der Waals surface area contributed by atoms with E-state index >= 15 is 0 Å². The molecular formula is C15H20ClN3O2. The fourth-order valence-electron chi connectivity index (χ4n) is 1.86. The second-order valence-corrected chi connectivity index (χ2v) is 4.96. The van der Waals surface area contributed by atoms with E-state index in [4.69, 9.17) is 21.1 Å². The average molecular weight is 310 g/mol. The summed E-state index contributed by atoms with van der Waals surface area (Å²) in [4.78, 5) is 0. The number of nitrogens with zero attached hydrogens (tertiary/aromatic N) is 2. The van der Waals surface area contributed by atoms with E-state index in [9.17, 15) is 0 Å². The van der Waals surface area contributed by atoms with Gasteiger partial charge in [0.25, 0.3) is 0 Å². The smallest absolute Gasteiger partial charge is 0.138 e. The molecule has 2 rings (SSSR count). The molecule has 0 unspecified atom stereocenters. The van der Waals surface area contributed by atoms with Crippen LogP contribution >= 0.6 is 11.6 Å². The van der Waals surface area contributed by atoms with Crippen LogP contribution in [0.4, 0.5) is 0 Å². The van der Waals surface area contributed by atoms with Gasteiger partial charge in [0.15, 0.2) is 0 Å². The summed E-state index contributed by atoms with van der Waals surface area (Å²) in [6.45, 7) is 3.51. The minimum absolute atomic E-state index is 0.535. The highest BCUT2D eigenvalue weighted by atomic mass is 35.5. The molecule has 0 saturated heterocycles. The first kappa shape index (κ1) is 15.8. The number of benzene rings is 1. The summed E-state index contributed by atoms with van der Waals surface area (Å²) in [5, 5.41) is 8.02. The number of hydrogen-bond donors (Lipinski definition) is 1. The number of methoxy groups -OCH3 is 1. The zero-order chi connectivity index (χ0) is 14.9. The van der Waals surface area contributed by atoms with E-state index in [1.165, 1.54) is 0 Å². The highest BCUT2D eigenvalue weighted by molar-refractivity contribution is 6.32.